The van der Waals surface area contributed by atoms with Crippen molar-refractivity contribution in [3.63, 3.8) is 0 Å². The monoisotopic (exact) mass is 389 g/mol. The van der Waals surface area contributed by atoms with Crippen LogP contribution >= 0.6 is 0 Å². The standard InChI is InChI=1S/C19H27N5O4/c1-6-28-22-11(2)13-9-14-23(10-19(3,4)5)17(26)15(18(27)24(14)21-13)16(25)20-12-7-8-12/h9,12,26H,6-8,10H2,1-5H3,(H,20,25)/b22-11+. The minimum atomic E-state index is -0.661. The molecule has 0 saturated heterocycles. The van der Waals surface area contributed by atoms with Crippen molar-refractivity contribution in [2.75, 3.05) is 6.61 Å². The third-order valence-corrected chi connectivity index (χ3v) is 4.33. The van der Waals surface area contributed by atoms with Crippen LogP contribution in [0.1, 0.15) is 63.5 Å². The molecule has 0 radical (unpaired) electrons. The molecule has 1 saturated carbocycles. The Kier molecular flexibility index (Phi) is 5.18. The molecule has 152 valence electrons. The maximum absolute atomic E-state index is 13.0. The number of carbonyl (C=O) groups excluding carboxylic acids is 1. The second kappa shape index (κ2) is 7.29. The molecule has 3 rings (SSSR count). The van der Waals surface area contributed by atoms with Crippen molar-refractivity contribution >= 4 is 17.3 Å². The summed E-state index contributed by atoms with van der Waals surface area (Å²) in [7, 11) is 0. The Bertz CT molecular complexity index is 992. The Hall–Kier alpha value is -2.84. The van der Waals surface area contributed by atoms with Crippen LogP contribution < -0.4 is 10.9 Å². The second-order valence-electron chi connectivity index (χ2n) is 8.29. The summed E-state index contributed by atoms with van der Waals surface area (Å²) in [5, 5.41) is 21.9. The van der Waals surface area contributed by atoms with Gasteiger partial charge in [0.05, 0.1) is 0 Å². The van der Waals surface area contributed by atoms with E-state index < -0.39 is 11.5 Å². The first kappa shape index (κ1) is 19.9. The summed E-state index contributed by atoms with van der Waals surface area (Å²) in [6.45, 7) is 10.3. The van der Waals surface area contributed by atoms with E-state index in [2.05, 4.69) is 15.6 Å². The molecule has 1 amide bonds. The van der Waals surface area contributed by atoms with Crippen LogP contribution in [0.25, 0.3) is 5.65 Å². The van der Waals surface area contributed by atoms with Gasteiger partial charge < -0.3 is 15.3 Å². The number of rotatable bonds is 6. The van der Waals surface area contributed by atoms with Crippen LogP contribution in [0.15, 0.2) is 16.0 Å². The lowest BCUT2D eigenvalue weighted by molar-refractivity contribution is 0.0944. The molecular weight excluding hydrogens is 362 g/mol. The first-order chi connectivity index (χ1) is 13.1. The molecule has 0 atom stereocenters. The van der Waals surface area contributed by atoms with E-state index in [0.717, 1.165) is 17.4 Å². The van der Waals surface area contributed by atoms with Crippen LogP contribution in [-0.2, 0) is 11.4 Å². The lowest BCUT2D eigenvalue weighted by Crippen LogP contribution is -2.35. The van der Waals surface area contributed by atoms with Crippen molar-refractivity contribution in [3.8, 4) is 5.88 Å². The van der Waals surface area contributed by atoms with Gasteiger partial charge in [-0.05, 0) is 32.1 Å². The quantitative estimate of drug-likeness (QED) is 0.579. The number of oxime groups is 1. The molecule has 1 aliphatic carbocycles. The van der Waals surface area contributed by atoms with Gasteiger partial charge in [-0.25, -0.2) is 0 Å². The zero-order valence-electron chi connectivity index (χ0n) is 16.9. The number of amides is 1. The normalized spacial score (nSPS) is 15.1. The van der Waals surface area contributed by atoms with Gasteiger partial charge in [0.2, 0.25) is 5.88 Å². The zero-order valence-corrected chi connectivity index (χ0v) is 16.9. The van der Waals surface area contributed by atoms with Crippen LogP contribution in [0.3, 0.4) is 0 Å². The molecule has 0 unspecified atom stereocenters. The van der Waals surface area contributed by atoms with E-state index in [0.29, 0.717) is 30.2 Å². The number of nitrogens with zero attached hydrogens (tertiary/aromatic N) is 4. The first-order valence-electron chi connectivity index (χ1n) is 9.45. The molecule has 9 nitrogen and oxygen atoms in total. The summed E-state index contributed by atoms with van der Waals surface area (Å²) in [5.74, 6) is -0.928. The van der Waals surface area contributed by atoms with E-state index in [-0.39, 0.29) is 22.9 Å². The van der Waals surface area contributed by atoms with Gasteiger partial charge >= 0.3 is 0 Å². The van der Waals surface area contributed by atoms with Crippen molar-refractivity contribution in [3.05, 3.63) is 27.7 Å². The van der Waals surface area contributed by atoms with Crippen molar-refractivity contribution in [1.29, 1.82) is 0 Å². The maximum Gasteiger partial charge on any atom is 0.291 e. The van der Waals surface area contributed by atoms with Crippen LogP contribution in [0.5, 0.6) is 5.88 Å². The van der Waals surface area contributed by atoms with Gasteiger partial charge in [0.15, 0.2) is 5.56 Å². The van der Waals surface area contributed by atoms with Crippen molar-refractivity contribution in [1.82, 2.24) is 19.5 Å². The summed E-state index contributed by atoms with van der Waals surface area (Å²) >= 11 is 0. The third-order valence-electron chi connectivity index (χ3n) is 4.33. The van der Waals surface area contributed by atoms with Crippen LogP contribution in [-0.4, -0.2) is 43.6 Å². The van der Waals surface area contributed by atoms with Crippen LogP contribution in [0, 0.1) is 5.41 Å². The van der Waals surface area contributed by atoms with Crippen molar-refractivity contribution in [2.24, 2.45) is 10.6 Å². The van der Waals surface area contributed by atoms with Crippen LogP contribution in [0.2, 0.25) is 0 Å². The Balaban J connectivity index is 2.21. The summed E-state index contributed by atoms with van der Waals surface area (Å²) in [6, 6.07) is 1.72. The fourth-order valence-electron chi connectivity index (χ4n) is 2.86. The number of aromatic nitrogens is 3. The lowest BCUT2D eigenvalue weighted by atomic mass is 9.96. The van der Waals surface area contributed by atoms with E-state index in [4.69, 9.17) is 4.84 Å². The number of carbonyl (C=O) groups is 1. The Morgan fingerprint density at radius 2 is 2.11 bits per heavy atom. The van der Waals surface area contributed by atoms with E-state index in [1.807, 2.05) is 27.7 Å². The molecule has 1 aliphatic rings. The molecule has 0 aromatic carbocycles. The molecule has 28 heavy (non-hydrogen) atoms. The predicted molar refractivity (Wildman–Crippen MR) is 105 cm³/mol. The number of hydrogen-bond acceptors (Lipinski definition) is 6. The fraction of sp³-hybridized carbons (Fsp3) is 0.579. The van der Waals surface area contributed by atoms with Gasteiger partial charge in [-0.2, -0.15) is 9.61 Å². The topological polar surface area (TPSA) is 110 Å². The van der Waals surface area contributed by atoms with Gasteiger partial charge in [0.1, 0.15) is 23.7 Å². The highest BCUT2D eigenvalue weighted by Crippen LogP contribution is 2.26. The molecule has 0 aliphatic heterocycles. The SMILES string of the molecule is CCO/N=C(\C)c1cc2n(CC(C)(C)C)c(O)c(C(=O)NC3CC3)c(=O)n2n1. The number of nitrogens with one attached hydrogen (secondary N) is 1. The molecule has 0 bridgehead atoms. The van der Waals surface area contributed by atoms with Gasteiger partial charge in [0.25, 0.3) is 11.5 Å². The van der Waals surface area contributed by atoms with E-state index in [1.165, 1.54) is 0 Å². The highest BCUT2D eigenvalue weighted by molar-refractivity contribution is 5.98. The molecule has 9 heteroatoms. The number of aromatic hydroxyl groups is 1. The molecule has 2 N–H and O–H groups in total. The molecule has 2 aromatic rings. The van der Waals surface area contributed by atoms with E-state index in [9.17, 15) is 14.7 Å². The average molecular weight is 389 g/mol. The van der Waals surface area contributed by atoms with E-state index >= 15 is 0 Å². The minimum Gasteiger partial charge on any atom is -0.494 e. The maximum atomic E-state index is 13.0. The van der Waals surface area contributed by atoms with Gasteiger partial charge in [0, 0.05) is 18.7 Å². The molecule has 2 heterocycles. The van der Waals surface area contributed by atoms with Crippen LogP contribution in [0.4, 0.5) is 0 Å². The molecular formula is C19H27N5O4. The highest BCUT2D eigenvalue weighted by Gasteiger charge is 2.30. The first-order valence-corrected chi connectivity index (χ1v) is 9.45. The van der Waals surface area contributed by atoms with E-state index in [1.54, 1.807) is 17.6 Å². The predicted octanol–water partition coefficient (Wildman–Crippen LogP) is 1.90. The smallest absolute Gasteiger partial charge is 0.291 e. The summed E-state index contributed by atoms with van der Waals surface area (Å²) < 4.78 is 2.70. The summed E-state index contributed by atoms with van der Waals surface area (Å²) in [6.07, 6.45) is 1.76. The summed E-state index contributed by atoms with van der Waals surface area (Å²) in [5.41, 5.74) is 0.157. The molecule has 0 spiro atoms. The van der Waals surface area contributed by atoms with Gasteiger partial charge in [-0.3, -0.25) is 14.2 Å². The Morgan fingerprint density at radius 3 is 2.68 bits per heavy atom. The average Bonchev–Trinajstić information content (AvgIpc) is 3.29. The number of fused-ring (bicyclic) bond motifs is 1. The summed E-state index contributed by atoms with van der Waals surface area (Å²) in [4.78, 5) is 30.6. The molecule has 2 aromatic heterocycles. The largest absolute Gasteiger partial charge is 0.494 e. The lowest BCUT2D eigenvalue weighted by Gasteiger charge is -2.23. The third kappa shape index (κ3) is 4.02. The fourth-order valence-corrected chi connectivity index (χ4v) is 2.86. The Morgan fingerprint density at radius 1 is 1.43 bits per heavy atom. The highest BCUT2D eigenvalue weighted by atomic mass is 16.6. The molecule has 1 fully saturated rings. The van der Waals surface area contributed by atoms with Crippen molar-refractivity contribution in [2.45, 2.75) is 60.0 Å². The van der Waals surface area contributed by atoms with Gasteiger partial charge in [-0.15, -0.1) is 0 Å². The Labute approximate surface area is 163 Å². The van der Waals surface area contributed by atoms with Crippen molar-refractivity contribution < 1.29 is 14.7 Å². The minimum absolute atomic E-state index is 0.0619. The number of hydrogen-bond donors (Lipinski definition) is 2. The van der Waals surface area contributed by atoms with Gasteiger partial charge in [-0.1, -0.05) is 25.9 Å². The second-order valence-corrected chi connectivity index (χ2v) is 8.29. The zero-order chi connectivity index (χ0) is 20.6.